The molecule has 374 valence electrons. The Hall–Kier alpha value is -6.32. The third-order valence-electron chi connectivity index (χ3n) is 11.0. The number of hydrogen-bond acceptors (Lipinski definition) is 14. The molecule has 6 aromatic rings. The number of carboxylic acids is 1. The number of carbonyl (C=O) groups is 3. The van der Waals surface area contributed by atoms with Gasteiger partial charge in [-0.2, -0.15) is 0 Å². The number of aromatic carboxylic acids is 1. The van der Waals surface area contributed by atoms with E-state index in [-0.39, 0.29) is 46.4 Å². The van der Waals surface area contributed by atoms with E-state index in [1.807, 2.05) is 61.2 Å². The zero-order chi connectivity index (χ0) is 50.9. The number of ether oxygens (including phenoxy) is 3. The Bertz CT molecular complexity index is 2650. The van der Waals surface area contributed by atoms with E-state index in [1.165, 1.54) is 11.8 Å². The molecule has 0 bridgehead atoms. The van der Waals surface area contributed by atoms with Crippen molar-refractivity contribution >= 4 is 53.1 Å². The SMILES string of the molecule is CSc1cccc(Oc2ncc(F)cc2C(=O)N[C@@H]2CCCC[C@H]2O)c1.CSc1cccc(Oc2ncc(F)cc2C(=O)N[C@H]2CCCC[C@@H]2O)c1.CSc1cccc(Oc2ncc(F)cc2C(=O)O)c1. The Balaban J connectivity index is 0.000000177. The van der Waals surface area contributed by atoms with Crippen molar-refractivity contribution in [3.05, 3.63) is 144 Å². The number of thioether (sulfide) groups is 3. The second-order valence-electron chi connectivity index (χ2n) is 16.0. The van der Waals surface area contributed by atoms with Crippen LogP contribution in [0.4, 0.5) is 13.2 Å². The molecular weight excluding hydrogens is 980 g/mol. The molecular formula is C51H52F3N5O9S3. The van der Waals surface area contributed by atoms with Crippen LogP contribution in [0.25, 0.3) is 0 Å². The molecule has 2 amide bonds. The Morgan fingerprint density at radius 2 is 0.845 bits per heavy atom. The predicted molar refractivity (Wildman–Crippen MR) is 266 cm³/mol. The van der Waals surface area contributed by atoms with Crippen LogP contribution in [0.1, 0.15) is 82.4 Å². The van der Waals surface area contributed by atoms with E-state index in [4.69, 9.17) is 19.3 Å². The highest BCUT2D eigenvalue weighted by Crippen LogP contribution is 2.31. The summed E-state index contributed by atoms with van der Waals surface area (Å²) in [4.78, 5) is 50.8. The summed E-state index contributed by atoms with van der Waals surface area (Å²) in [5.41, 5.74) is -0.288. The van der Waals surface area contributed by atoms with Gasteiger partial charge in [0.2, 0.25) is 17.6 Å². The molecule has 2 fully saturated rings. The van der Waals surface area contributed by atoms with Gasteiger partial charge in [-0.15, -0.1) is 35.3 Å². The summed E-state index contributed by atoms with van der Waals surface area (Å²) in [5, 5.41) is 34.6. The van der Waals surface area contributed by atoms with Crippen LogP contribution in [-0.2, 0) is 0 Å². The molecule has 20 heteroatoms. The van der Waals surface area contributed by atoms with Crippen LogP contribution in [0, 0.1) is 17.5 Å². The fourth-order valence-corrected chi connectivity index (χ4v) is 8.73. The summed E-state index contributed by atoms with van der Waals surface area (Å²) in [5.74, 6) is -2.83. The minimum absolute atomic E-state index is 0.0114. The van der Waals surface area contributed by atoms with E-state index in [1.54, 1.807) is 53.9 Å². The van der Waals surface area contributed by atoms with Crippen molar-refractivity contribution in [1.29, 1.82) is 0 Å². The minimum atomic E-state index is -1.29. The average Bonchev–Trinajstić information content (AvgIpc) is 3.37. The van der Waals surface area contributed by atoms with Crippen molar-refractivity contribution in [2.24, 2.45) is 0 Å². The zero-order valence-corrected chi connectivity index (χ0v) is 41.3. The van der Waals surface area contributed by atoms with Crippen LogP contribution in [0.15, 0.2) is 124 Å². The van der Waals surface area contributed by atoms with Gasteiger partial charge < -0.3 is 40.2 Å². The number of carbonyl (C=O) groups excluding carboxylic acids is 2. The molecule has 2 aliphatic carbocycles. The number of nitrogens with one attached hydrogen (secondary N) is 2. The molecule has 4 atom stereocenters. The van der Waals surface area contributed by atoms with Crippen LogP contribution in [-0.4, -0.2) is 91.1 Å². The average molecular weight is 1030 g/mol. The van der Waals surface area contributed by atoms with Gasteiger partial charge in [-0.05, 0) is 117 Å². The highest BCUT2D eigenvalue weighted by Gasteiger charge is 2.28. The standard InChI is InChI=1S/2C19H21FN2O3S.C13H10FNO3S/c2*1-26-14-6-4-5-13(10-14)25-19-15(9-12(20)11-21-19)18(24)22-16-7-2-3-8-17(16)23;1-19-10-4-2-3-9(6-10)18-12-11(13(16)17)5-8(14)7-15-12/h2*4-6,9-11,16-17,23H,2-3,7-8H2,1H3,(H,22,24);2-7H,1H3,(H,16,17)/t2*16-,17-;/m10./s1. The van der Waals surface area contributed by atoms with E-state index in [0.29, 0.717) is 42.9 Å². The maximum Gasteiger partial charge on any atom is 0.341 e. The van der Waals surface area contributed by atoms with Gasteiger partial charge in [0.05, 0.1) is 42.9 Å². The van der Waals surface area contributed by atoms with Crippen molar-refractivity contribution in [3.63, 3.8) is 0 Å². The summed E-state index contributed by atoms with van der Waals surface area (Å²) in [6.45, 7) is 0. The van der Waals surface area contributed by atoms with Crippen molar-refractivity contribution in [2.75, 3.05) is 18.8 Å². The quantitative estimate of drug-likeness (QED) is 0.0644. The lowest BCUT2D eigenvalue weighted by Gasteiger charge is -2.28. The Morgan fingerprint density at radius 1 is 0.521 bits per heavy atom. The maximum absolute atomic E-state index is 13.7. The largest absolute Gasteiger partial charge is 0.477 e. The molecule has 5 N–H and O–H groups in total. The predicted octanol–water partition coefficient (Wildman–Crippen LogP) is 11.0. The summed E-state index contributed by atoms with van der Waals surface area (Å²) < 4.78 is 57.2. The summed E-state index contributed by atoms with van der Waals surface area (Å²) in [7, 11) is 0. The topological polar surface area (TPSA) is 202 Å². The third-order valence-corrected chi connectivity index (χ3v) is 13.2. The highest BCUT2D eigenvalue weighted by atomic mass is 32.2. The number of pyridine rings is 3. The van der Waals surface area contributed by atoms with Gasteiger partial charge >= 0.3 is 5.97 Å². The van der Waals surface area contributed by atoms with Crippen LogP contribution in [0.5, 0.6) is 34.9 Å². The molecule has 8 rings (SSSR count). The van der Waals surface area contributed by atoms with Crippen LogP contribution in [0.3, 0.4) is 0 Å². The molecule has 0 saturated heterocycles. The first kappa shape index (κ1) is 54.0. The van der Waals surface area contributed by atoms with E-state index in [0.717, 1.165) is 77.2 Å². The molecule has 14 nitrogen and oxygen atoms in total. The molecule has 3 heterocycles. The number of aliphatic hydroxyl groups is 2. The first-order chi connectivity index (χ1) is 34.2. The van der Waals surface area contributed by atoms with Crippen molar-refractivity contribution in [3.8, 4) is 34.9 Å². The number of benzene rings is 3. The van der Waals surface area contributed by atoms with E-state index in [9.17, 15) is 37.8 Å². The lowest BCUT2D eigenvalue weighted by Crippen LogP contribution is -2.45. The van der Waals surface area contributed by atoms with Crippen LogP contribution < -0.4 is 24.8 Å². The smallest absolute Gasteiger partial charge is 0.341 e. The van der Waals surface area contributed by atoms with Gasteiger partial charge in [-0.1, -0.05) is 43.9 Å². The maximum atomic E-state index is 13.7. The normalized spacial score (nSPS) is 17.2. The summed E-state index contributed by atoms with van der Waals surface area (Å²) in [6, 6.07) is 24.2. The highest BCUT2D eigenvalue weighted by molar-refractivity contribution is 7.99. The summed E-state index contributed by atoms with van der Waals surface area (Å²) in [6.07, 6.45) is 14.0. The number of aromatic nitrogens is 3. The van der Waals surface area contributed by atoms with Gasteiger partial charge in [-0.3, -0.25) is 9.59 Å². The lowest BCUT2D eigenvalue weighted by molar-refractivity contribution is 0.0691. The van der Waals surface area contributed by atoms with Crippen molar-refractivity contribution < 1.29 is 57.1 Å². The van der Waals surface area contributed by atoms with Crippen LogP contribution in [0.2, 0.25) is 0 Å². The van der Waals surface area contributed by atoms with Crippen molar-refractivity contribution in [1.82, 2.24) is 25.6 Å². The molecule has 3 aromatic heterocycles. The second-order valence-corrected chi connectivity index (χ2v) is 18.7. The molecule has 0 aliphatic heterocycles. The number of halogens is 3. The third kappa shape index (κ3) is 16.1. The van der Waals surface area contributed by atoms with Gasteiger partial charge in [0.1, 0.15) is 51.4 Å². The minimum Gasteiger partial charge on any atom is -0.477 e. The molecule has 0 unspecified atom stereocenters. The molecule has 71 heavy (non-hydrogen) atoms. The molecule has 3 aromatic carbocycles. The first-order valence-corrected chi connectivity index (χ1v) is 26.0. The number of hydrogen-bond donors (Lipinski definition) is 5. The number of aliphatic hydroxyl groups excluding tert-OH is 2. The van der Waals surface area contributed by atoms with E-state index in [2.05, 4.69) is 25.6 Å². The van der Waals surface area contributed by atoms with Gasteiger partial charge in [0, 0.05) is 14.7 Å². The monoisotopic (exact) mass is 1030 g/mol. The zero-order valence-electron chi connectivity index (χ0n) is 38.8. The summed E-state index contributed by atoms with van der Waals surface area (Å²) >= 11 is 4.65. The second kappa shape index (κ2) is 26.8. The van der Waals surface area contributed by atoms with Gasteiger partial charge in [0.15, 0.2) is 0 Å². The van der Waals surface area contributed by atoms with E-state index >= 15 is 0 Å². The number of nitrogens with zero attached hydrogens (tertiary/aromatic N) is 3. The number of carboxylic acid groups (broad SMARTS) is 1. The van der Waals surface area contributed by atoms with Crippen molar-refractivity contribution in [2.45, 2.75) is 90.3 Å². The Kier molecular flexibility index (Phi) is 20.4. The molecule has 0 spiro atoms. The van der Waals surface area contributed by atoms with Gasteiger partial charge in [0.25, 0.3) is 11.8 Å². The van der Waals surface area contributed by atoms with E-state index < -0.39 is 47.4 Å². The number of rotatable bonds is 14. The lowest BCUT2D eigenvalue weighted by atomic mass is 9.92. The molecule has 0 radical (unpaired) electrons. The number of amides is 2. The Labute approximate surface area is 421 Å². The first-order valence-electron chi connectivity index (χ1n) is 22.4. The molecule has 2 aliphatic rings. The fourth-order valence-electron chi connectivity index (χ4n) is 7.38. The van der Waals surface area contributed by atoms with Gasteiger partial charge in [-0.25, -0.2) is 32.9 Å². The van der Waals surface area contributed by atoms with Crippen LogP contribution >= 0.6 is 35.3 Å². The Morgan fingerprint density at radius 3 is 1.17 bits per heavy atom. The molecule has 2 saturated carbocycles. The fraction of sp³-hybridized carbons (Fsp3) is 0.294.